The summed E-state index contributed by atoms with van der Waals surface area (Å²) in [7, 11) is 0. The van der Waals surface area contributed by atoms with Crippen molar-refractivity contribution in [3.8, 4) is 0 Å². The number of benzene rings is 1. The Morgan fingerprint density at radius 2 is 2.07 bits per heavy atom. The van der Waals surface area contributed by atoms with E-state index in [0.29, 0.717) is 0 Å². The maximum Gasteiger partial charge on any atom is 1.00 e. The van der Waals surface area contributed by atoms with Crippen molar-refractivity contribution in [1.29, 1.82) is 0 Å². The minimum Gasteiger partial charge on any atom is -0.428 e. The van der Waals surface area contributed by atoms with Gasteiger partial charge in [0.1, 0.15) is 0 Å². The Hall–Kier alpha value is 0.776. The molecular weight excluding hydrogens is 235 g/mol. The second kappa shape index (κ2) is 5.75. The van der Waals surface area contributed by atoms with Crippen LogP contribution in [0.5, 0.6) is 0 Å². The molecule has 0 aliphatic rings. The molecule has 0 saturated carbocycles. The van der Waals surface area contributed by atoms with Crippen LogP contribution < -0.4 is 51.4 Å². The van der Waals surface area contributed by atoms with Crippen LogP contribution in [0.2, 0.25) is 0 Å². The van der Waals surface area contributed by atoms with E-state index in [0.717, 1.165) is 10.6 Å². The third-order valence-corrected chi connectivity index (χ3v) is 3.51. The summed E-state index contributed by atoms with van der Waals surface area (Å²) in [6, 6.07) is 8.34. The van der Waals surface area contributed by atoms with E-state index < -0.39 is 0 Å². The first-order chi connectivity index (χ1) is 6.33. The summed E-state index contributed by atoms with van der Waals surface area (Å²) in [6.07, 6.45) is 2.78. The molecule has 3 heteroatoms. The van der Waals surface area contributed by atoms with Gasteiger partial charge in [0, 0.05) is 0 Å². The predicted molar refractivity (Wildman–Crippen MR) is 61.4 cm³/mol. The Balaban J connectivity index is 0.000000980. The summed E-state index contributed by atoms with van der Waals surface area (Å²) in [4.78, 5) is 0. The van der Waals surface area contributed by atoms with E-state index in [4.69, 9.17) is 12.6 Å². The maximum atomic E-state index is 5.29. The Labute approximate surface area is 136 Å². The van der Waals surface area contributed by atoms with Gasteiger partial charge in [-0.05, 0) is 17.4 Å². The zero-order chi connectivity index (χ0) is 9.26. The standard InChI is InChI=1S/C11H10S2.K/c1-2-5-9-8-6-3-4-7-10(8)13-11(9)12;/h2-4,6-7,12H,1,5H2;/q;+1/p-1. The van der Waals surface area contributed by atoms with Crippen LogP contribution in [0.4, 0.5) is 0 Å². The molecule has 0 N–H and O–H groups in total. The second-order valence-corrected chi connectivity index (χ2v) is 4.58. The third kappa shape index (κ3) is 2.47. The van der Waals surface area contributed by atoms with Gasteiger partial charge in [-0.3, -0.25) is 0 Å². The molecule has 0 spiro atoms. The summed E-state index contributed by atoms with van der Waals surface area (Å²) in [5.41, 5.74) is 1.26. The quantitative estimate of drug-likeness (QED) is 0.422. The molecule has 0 unspecified atom stereocenters. The van der Waals surface area contributed by atoms with Crippen LogP contribution in [-0.4, -0.2) is 0 Å². The van der Waals surface area contributed by atoms with Crippen molar-refractivity contribution in [2.75, 3.05) is 0 Å². The van der Waals surface area contributed by atoms with Gasteiger partial charge in [-0.2, -0.15) is 0 Å². The summed E-state index contributed by atoms with van der Waals surface area (Å²) in [6.45, 7) is 3.74. The van der Waals surface area contributed by atoms with Crippen LogP contribution in [0.25, 0.3) is 10.1 Å². The molecule has 1 aromatic carbocycles. The van der Waals surface area contributed by atoms with Crippen molar-refractivity contribution in [2.45, 2.75) is 10.6 Å². The largest absolute Gasteiger partial charge is 1.00 e. The Bertz CT molecular complexity index is 445. The van der Waals surface area contributed by atoms with Gasteiger partial charge in [0.25, 0.3) is 0 Å². The first-order valence-electron chi connectivity index (χ1n) is 4.11. The van der Waals surface area contributed by atoms with E-state index in [-0.39, 0.29) is 51.4 Å². The fourth-order valence-electron chi connectivity index (χ4n) is 1.41. The first-order valence-corrected chi connectivity index (χ1v) is 5.33. The number of rotatable bonds is 2. The Morgan fingerprint density at radius 3 is 2.79 bits per heavy atom. The molecule has 0 aliphatic carbocycles. The third-order valence-electron chi connectivity index (χ3n) is 2.01. The van der Waals surface area contributed by atoms with E-state index in [9.17, 15) is 0 Å². The molecule has 0 bridgehead atoms. The van der Waals surface area contributed by atoms with Crippen LogP contribution in [0.15, 0.2) is 41.1 Å². The number of hydrogen-bond acceptors (Lipinski definition) is 2. The van der Waals surface area contributed by atoms with Crippen molar-refractivity contribution >= 4 is 34.1 Å². The van der Waals surface area contributed by atoms with Crippen LogP contribution in [0, 0.1) is 0 Å². The zero-order valence-electron chi connectivity index (χ0n) is 8.12. The van der Waals surface area contributed by atoms with Crippen LogP contribution in [0.1, 0.15) is 5.56 Å². The number of thiophene rings is 1. The first kappa shape index (κ1) is 12.8. The monoisotopic (exact) mass is 244 g/mol. The summed E-state index contributed by atoms with van der Waals surface area (Å²) >= 11 is 6.97. The van der Waals surface area contributed by atoms with Crippen molar-refractivity contribution < 1.29 is 51.4 Å². The van der Waals surface area contributed by atoms with E-state index in [1.807, 2.05) is 12.1 Å². The Kier molecular flexibility index (Phi) is 5.28. The van der Waals surface area contributed by atoms with Crippen LogP contribution >= 0.6 is 11.3 Å². The van der Waals surface area contributed by atoms with Gasteiger partial charge in [-0.1, -0.05) is 35.0 Å². The van der Waals surface area contributed by atoms with Crippen LogP contribution in [0.3, 0.4) is 0 Å². The number of allylic oxidation sites excluding steroid dienone is 1. The Morgan fingerprint density at radius 1 is 1.36 bits per heavy atom. The molecule has 0 nitrogen and oxygen atoms in total. The SMILES string of the molecule is C=CCc1c([S-])sc2ccccc12.[K+]. The molecule has 0 saturated heterocycles. The molecular formula is C11H9KS2. The molecule has 14 heavy (non-hydrogen) atoms. The molecule has 2 rings (SSSR count). The second-order valence-electron chi connectivity index (χ2n) is 2.86. The van der Waals surface area contributed by atoms with Crippen molar-refractivity contribution in [3.05, 3.63) is 42.5 Å². The van der Waals surface area contributed by atoms with Crippen LogP contribution in [-0.2, 0) is 19.0 Å². The van der Waals surface area contributed by atoms with Gasteiger partial charge < -0.3 is 24.0 Å². The molecule has 0 aliphatic heterocycles. The summed E-state index contributed by atoms with van der Waals surface area (Å²) in [5.74, 6) is 0. The molecule has 0 fully saturated rings. The van der Waals surface area contributed by atoms with Gasteiger partial charge in [0.15, 0.2) is 0 Å². The molecule has 2 aromatic rings. The molecule has 0 amide bonds. The van der Waals surface area contributed by atoms with Gasteiger partial charge in [-0.15, -0.1) is 10.8 Å². The summed E-state index contributed by atoms with van der Waals surface area (Å²) in [5, 5.41) is 1.29. The smallest absolute Gasteiger partial charge is 0.428 e. The molecule has 0 radical (unpaired) electrons. The van der Waals surface area contributed by atoms with Gasteiger partial charge >= 0.3 is 51.4 Å². The normalized spacial score (nSPS) is 9.71. The topological polar surface area (TPSA) is 0 Å². The zero-order valence-corrected chi connectivity index (χ0v) is 12.9. The number of hydrogen-bond donors (Lipinski definition) is 0. The molecule has 1 aromatic heterocycles. The van der Waals surface area contributed by atoms with Gasteiger partial charge in [-0.25, -0.2) is 0 Å². The van der Waals surface area contributed by atoms with Crippen molar-refractivity contribution in [1.82, 2.24) is 0 Å². The molecule has 0 atom stereocenters. The van der Waals surface area contributed by atoms with E-state index >= 15 is 0 Å². The average molecular weight is 244 g/mol. The average Bonchev–Trinajstić information content (AvgIpc) is 2.44. The van der Waals surface area contributed by atoms with Crippen molar-refractivity contribution in [2.24, 2.45) is 0 Å². The van der Waals surface area contributed by atoms with E-state index in [1.165, 1.54) is 15.6 Å². The number of fused-ring (bicyclic) bond motifs is 1. The van der Waals surface area contributed by atoms with E-state index in [2.05, 4.69) is 24.8 Å². The van der Waals surface area contributed by atoms with Crippen molar-refractivity contribution in [3.63, 3.8) is 0 Å². The predicted octanol–water partition coefficient (Wildman–Crippen LogP) is 0.540. The fourth-order valence-corrected chi connectivity index (χ4v) is 2.84. The summed E-state index contributed by atoms with van der Waals surface area (Å²) < 4.78 is 2.28. The van der Waals surface area contributed by atoms with E-state index in [1.54, 1.807) is 11.3 Å². The maximum absolute atomic E-state index is 5.29. The minimum atomic E-state index is 0. The minimum absolute atomic E-state index is 0. The molecule has 66 valence electrons. The fraction of sp³-hybridized carbons (Fsp3) is 0.0909. The van der Waals surface area contributed by atoms with Gasteiger partial charge in [0.05, 0.1) is 0 Å². The molecule has 1 heterocycles. The van der Waals surface area contributed by atoms with Gasteiger partial charge in [0.2, 0.25) is 0 Å².